The van der Waals surface area contributed by atoms with Crippen LogP contribution in [0.15, 0.2) is 22.7 Å². The van der Waals surface area contributed by atoms with Crippen LogP contribution in [0.4, 0.5) is 8.78 Å². The molecule has 9 heteroatoms. The van der Waals surface area contributed by atoms with Gasteiger partial charge in [0.1, 0.15) is 11.2 Å². The molecule has 0 saturated carbocycles. The maximum Gasteiger partial charge on any atom is 0.294 e. The van der Waals surface area contributed by atoms with Gasteiger partial charge in [-0.25, -0.2) is 23.3 Å². The minimum absolute atomic E-state index is 0.158. The third-order valence-electron chi connectivity index (χ3n) is 2.85. The zero-order valence-corrected chi connectivity index (χ0v) is 11.3. The van der Waals surface area contributed by atoms with E-state index in [1.165, 1.54) is 23.0 Å². The third-order valence-corrected chi connectivity index (χ3v) is 3.73. The Balaban J connectivity index is 1.85. The number of benzene rings is 1. The molecule has 0 saturated heterocycles. The molecule has 4 rings (SSSR count). The lowest BCUT2D eigenvalue weighted by atomic mass is 10.3. The van der Waals surface area contributed by atoms with Crippen LogP contribution in [0.3, 0.4) is 0 Å². The van der Waals surface area contributed by atoms with Crippen LogP contribution in [0.2, 0.25) is 0 Å². The number of imidazole rings is 1. The average molecular weight is 308 g/mol. The average Bonchev–Trinajstić information content (AvgIpc) is 3.10. The van der Waals surface area contributed by atoms with Gasteiger partial charge in [0, 0.05) is 12.1 Å². The Hall–Kier alpha value is -2.55. The normalized spacial score (nSPS) is 11.6. The lowest BCUT2D eigenvalue weighted by Crippen LogP contribution is -1.84. The summed E-state index contributed by atoms with van der Waals surface area (Å²) in [4.78, 5) is 8.98. The van der Waals surface area contributed by atoms with Crippen LogP contribution in [-0.4, -0.2) is 26.7 Å². The summed E-state index contributed by atoms with van der Waals surface area (Å²) in [5.74, 6) is -1.78. The van der Waals surface area contributed by atoms with Crippen LogP contribution in [-0.2, 0) is 0 Å². The summed E-state index contributed by atoms with van der Waals surface area (Å²) < 4.78 is 38.2. The fourth-order valence-corrected chi connectivity index (χ4v) is 2.60. The smallest absolute Gasteiger partial charge is 0.294 e. The first-order valence-corrected chi connectivity index (χ1v) is 6.62. The highest BCUT2D eigenvalue weighted by atomic mass is 32.1. The molecule has 0 aliphatic heterocycles. The summed E-state index contributed by atoms with van der Waals surface area (Å²) in [7, 11) is 1.52. The van der Waals surface area contributed by atoms with E-state index >= 15 is 0 Å². The summed E-state index contributed by atoms with van der Waals surface area (Å²) in [6.07, 6.45) is 1.60. The van der Waals surface area contributed by atoms with Crippen molar-refractivity contribution in [3.63, 3.8) is 0 Å². The first-order chi connectivity index (χ1) is 10.1. The molecule has 0 unspecified atom stereocenters. The lowest BCUT2D eigenvalue weighted by molar-refractivity contribution is 0.405. The van der Waals surface area contributed by atoms with E-state index in [1.54, 1.807) is 6.20 Å². The Bertz CT molecular complexity index is 904. The largest absolute Gasteiger partial charge is 0.472 e. The lowest BCUT2D eigenvalue weighted by Gasteiger charge is -1.89. The molecule has 21 heavy (non-hydrogen) atoms. The van der Waals surface area contributed by atoms with Crippen molar-refractivity contribution < 1.29 is 17.9 Å². The van der Waals surface area contributed by atoms with Gasteiger partial charge in [-0.15, -0.1) is 5.10 Å². The Morgan fingerprint density at radius 2 is 2.05 bits per heavy atom. The van der Waals surface area contributed by atoms with Gasteiger partial charge in [-0.05, 0) is 11.3 Å². The van der Waals surface area contributed by atoms with E-state index in [9.17, 15) is 8.78 Å². The SMILES string of the molecule is COc1nn2cc(-c3nc4cc(F)c(F)cc4o3)nc2s1. The molecule has 0 amide bonds. The second-order valence-corrected chi connectivity index (χ2v) is 5.10. The van der Waals surface area contributed by atoms with Gasteiger partial charge in [-0.3, -0.25) is 0 Å². The van der Waals surface area contributed by atoms with E-state index in [-0.39, 0.29) is 17.0 Å². The molecule has 0 N–H and O–H groups in total. The summed E-state index contributed by atoms with van der Waals surface area (Å²) in [5, 5.41) is 4.60. The Labute approximate surface area is 119 Å². The molecule has 0 spiro atoms. The maximum absolute atomic E-state index is 13.2. The number of oxazole rings is 1. The number of rotatable bonds is 2. The van der Waals surface area contributed by atoms with Crippen molar-refractivity contribution in [2.75, 3.05) is 7.11 Å². The van der Waals surface area contributed by atoms with Gasteiger partial charge in [0.05, 0.1) is 13.3 Å². The third kappa shape index (κ3) is 1.85. The first kappa shape index (κ1) is 12.2. The van der Waals surface area contributed by atoms with Gasteiger partial charge in [-0.1, -0.05) is 0 Å². The predicted octanol–water partition coefficient (Wildman–Crippen LogP) is 2.89. The summed E-state index contributed by atoms with van der Waals surface area (Å²) in [6, 6.07) is 1.94. The van der Waals surface area contributed by atoms with Crippen LogP contribution in [0.1, 0.15) is 0 Å². The Morgan fingerprint density at radius 1 is 1.24 bits per heavy atom. The van der Waals surface area contributed by atoms with Crippen molar-refractivity contribution in [3.8, 4) is 16.8 Å². The minimum atomic E-state index is -0.984. The number of hydrogen-bond donors (Lipinski definition) is 0. The molecule has 4 aromatic rings. The van der Waals surface area contributed by atoms with Crippen LogP contribution < -0.4 is 4.74 Å². The molecule has 106 valence electrons. The predicted molar refractivity (Wildman–Crippen MR) is 70.3 cm³/mol. The number of fused-ring (bicyclic) bond motifs is 2. The molecular formula is C12H6F2N4O2S. The second kappa shape index (κ2) is 4.22. The maximum atomic E-state index is 13.2. The van der Waals surface area contributed by atoms with Gasteiger partial charge in [0.15, 0.2) is 17.2 Å². The van der Waals surface area contributed by atoms with E-state index < -0.39 is 11.6 Å². The zero-order valence-electron chi connectivity index (χ0n) is 10.5. The molecule has 6 nitrogen and oxygen atoms in total. The molecule has 1 aromatic carbocycles. The standard InChI is InChI=1S/C12H6F2N4O2S/c1-19-12-17-18-4-8(16-11(18)21-12)10-15-7-2-5(13)6(14)3-9(7)20-10/h2-4H,1H3. The van der Waals surface area contributed by atoms with Gasteiger partial charge >= 0.3 is 0 Å². The van der Waals surface area contributed by atoms with Gasteiger partial charge in [-0.2, -0.15) is 0 Å². The van der Waals surface area contributed by atoms with E-state index in [0.29, 0.717) is 15.8 Å². The van der Waals surface area contributed by atoms with E-state index in [2.05, 4.69) is 15.1 Å². The van der Waals surface area contributed by atoms with Gasteiger partial charge in [0.2, 0.25) is 10.9 Å². The number of aromatic nitrogens is 4. The number of ether oxygens (including phenoxy) is 1. The highest BCUT2D eigenvalue weighted by molar-refractivity contribution is 7.18. The number of methoxy groups -OCH3 is 1. The molecule has 0 fully saturated rings. The van der Waals surface area contributed by atoms with E-state index in [1.807, 2.05) is 0 Å². The van der Waals surface area contributed by atoms with Crippen molar-refractivity contribution in [2.24, 2.45) is 0 Å². The fourth-order valence-electron chi connectivity index (χ4n) is 1.90. The van der Waals surface area contributed by atoms with Crippen molar-refractivity contribution in [1.29, 1.82) is 0 Å². The number of nitrogens with zero attached hydrogens (tertiary/aromatic N) is 4. The quantitative estimate of drug-likeness (QED) is 0.569. The summed E-state index contributed by atoms with van der Waals surface area (Å²) in [5.41, 5.74) is 0.810. The monoisotopic (exact) mass is 308 g/mol. The van der Waals surface area contributed by atoms with Crippen LogP contribution in [0.5, 0.6) is 5.19 Å². The highest BCUT2D eigenvalue weighted by Crippen LogP contribution is 2.28. The fraction of sp³-hybridized carbons (Fsp3) is 0.0833. The molecule has 3 aromatic heterocycles. The van der Waals surface area contributed by atoms with E-state index in [4.69, 9.17) is 9.15 Å². The first-order valence-electron chi connectivity index (χ1n) is 5.80. The van der Waals surface area contributed by atoms with Crippen LogP contribution in [0.25, 0.3) is 27.6 Å². The zero-order chi connectivity index (χ0) is 14.6. The van der Waals surface area contributed by atoms with E-state index in [0.717, 1.165) is 12.1 Å². The Morgan fingerprint density at radius 3 is 2.81 bits per heavy atom. The van der Waals surface area contributed by atoms with Gasteiger partial charge < -0.3 is 9.15 Å². The van der Waals surface area contributed by atoms with Crippen LogP contribution in [0, 0.1) is 11.6 Å². The van der Waals surface area contributed by atoms with Crippen molar-refractivity contribution in [1.82, 2.24) is 19.6 Å². The summed E-state index contributed by atoms with van der Waals surface area (Å²) in [6.45, 7) is 0. The molecule has 0 aliphatic rings. The highest BCUT2D eigenvalue weighted by Gasteiger charge is 2.16. The summed E-state index contributed by atoms with van der Waals surface area (Å²) >= 11 is 1.25. The minimum Gasteiger partial charge on any atom is -0.472 e. The molecular weight excluding hydrogens is 302 g/mol. The molecule has 0 atom stereocenters. The second-order valence-electron chi connectivity index (χ2n) is 4.18. The Kier molecular flexibility index (Phi) is 2.45. The van der Waals surface area contributed by atoms with Crippen molar-refractivity contribution in [2.45, 2.75) is 0 Å². The number of hydrogen-bond acceptors (Lipinski definition) is 6. The molecule has 0 aliphatic carbocycles. The van der Waals surface area contributed by atoms with Gasteiger partial charge in [0.25, 0.3) is 5.19 Å². The molecule has 0 bridgehead atoms. The number of halogens is 2. The topological polar surface area (TPSA) is 65.5 Å². The molecule has 0 radical (unpaired) electrons. The van der Waals surface area contributed by atoms with Crippen molar-refractivity contribution >= 4 is 27.4 Å². The van der Waals surface area contributed by atoms with Crippen LogP contribution >= 0.6 is 11.3 Å². The molecule has 3 heterocycles. The van der Waals surface area contributed by atoms with Crippen molar-refractivity contribution in [3.05, 3.63) is 30.0 Å².